The molecule has 0 unspecified atom stereocenters. The second-order valence-electron chi connectivity index (χ2n) is 8.39. The van der Waals surface area contributed by atoms with Gasteiger partial charge in [-0.05, 0) is 12.0 Å². The highest BCUT2D eigenvalue weighted by Crippen LogP contribution is 2.37. The number of thiophene rings is 1. The summed E-state index contributed by atoms with van der Waals surface area (Å²) in [6.07, 6.45) is -9.31. The van der Waals surface area contributed by atoms with Gasteiger partial charge >= 0.3 is 11.9 Å². The number of hydrogen-bond donors (Lipinski definition) is 1. The van der Waals surface area contributed by atoms with Crippen molar-refractivity contribution < 1.29 is 31.5 Å². The Morgan fingerprint density at radius 3 is 2.38 bits per heavy atom. The minimum absolute atomic E-state index is 0.0175. The third-order valence-corrected chi connectivity index (χ3v) is 7.13. The van der Waals surface area contributed by atoms with Crippen LogP contribution in [-0.2, 0) is 24.3 Å². The maximum absolute atomic E-state index is 14.3. The molecule has 2 aromatic heterocycles. The molecule has 3 aromatic rings. The lowest BCUT2D eigenvalue weighted by molar-refractivity contribution is -0.136. The monoisotopic (exact) mass is 544 g/mol. The van der Waals surface area contributed by atoms with Crippen LogP contribution >= 0.6 is 11.3 Å². The Morgan fingerprint density at radius 2 is 1.76 bits per heavy atom. The number of nitrogens with one attached hydrogen (secondary N) is 1. The highest BCUT2D eigenvalue weighted by molar-refractivity contribution is 7.20. The van der Waals surface area contributed by atoms with Crippen LogP contribution in [0.5, 0.6) is 0 Å². The first kappa shape index (κ1) is 26.5. The molecule has 1 fully saturated rings. The average Bonchev–Trinajstić information content (AvgIpc) is 3.24. The van der Waals surface area contributed by atoms with Crippen molar-refractivity contribution in [3.05, 3.63) is 67.2 Å². The molecule has 0 aliphatic carbocycles. The number of alkyl halides is 5. The Morgan fingerprint density at radius 1 is 1.05 bits per heavy atom. The number of benzene rings is 1. The minimum Gasteiger partial charge on any atom is -0.353 e. The van der Waals surface area contributed by atoms with Gasteiger partial charge in [0.15, 0.2) is 0 Å². The molecule has 1 saturated heterocycles. The van der Waals surface area contributed by atoms with Crippen molar-refractivity contribution in [1.29, 1.82) is 0 Å². The predicted molar refractivity (Wildman–Crippen MR) is 125 cm³/mol. The first-order valence-corrected chi connectivity index (χ1v) is 12.0. The zero-order valence-corrected chi connectivity index (χ0v) is 20.0. The second kappa shape index (κ2) is 10.4. The van der Waals surface area contributed by atoms with Crippen LogP contribution in [0.3, 0.4) is 0 Å². The van der Waals surface area contributed by atoms with Gasteiger partial charge in [-0.25, -0.2) is 13.6 Å². The van der Waals surface area contributed by atoms with E-state index in [2.05, 4.69) is 5.32 Å². The van der Waals surface area contributed by atoms with Gasteiger partial charge in [0.25, 0.3) is 17.9 Å². The summed E-state index contributed by atoms with van der Waals surface area (Å²) in [5, 5.41) is 1.82. The Hall–Kier alpha value is -3.55. The SMILES string of the molecule is O=C1CN(C(=O)c2sc3c(c2C(F)F)c(=O)n(CCc2ccccc2)c(=O)n3CCC(F)(F)F)CCN1. The number of hydrogen-bond acceptors (Lipinski definition) is 5. The number of fused-ring (bicyclic) bond motifs is 1. The van der Waals surface area contributed by atoms with Gasteiger partial charge in [-0.15, -0.1) is 11.3 Å². The molecule has 0 spiro atoms. The maximum atomic E-state index is 14.3. The topological polar surface area (TPSA) is 93.4 Å². The Kier molecular flexibility index (Phi) is 7.48. The standard InChI is InChI=1S/C23H21F5N4O4S/c24-18(25)15-16-19(34)31(9-6-13-4-2-1-3-5-13)22(36)32(10-7-23(26,27)28)21(16)37-17(15)20(35)30-11-8-29-14(33)12-30/h1-5,18H,6-12H2,(H,29,33). The third-order valence-electron chi connectivity index (χ3n) is 5.92. The van der Waals surface area contributed by atoms with Crippen molar-refractivity contribution in [3.63, 3.8) is 0 Å². The summed E-state index contributed by atoms with van der Waals surface area (Å²) in [6, 6.07) is 8.61. The van der Waals surface area contributed by atoms with E-state index >= 15 is 0 Å². The van der Waals surface area contributed by atoms with Crippen LogP contribution in [0.4, 0.5) is 22.0 Å². The van der Waals surface area contributed by atoms with Crippen LogP contribution in [0.25, 0.3) is 10.2 Å². The molecule has 198 valence electrons. The van der Waals surface area contributed by atoms with Crippen molar-refractivity contribution in [2.24, 2.45) is 0 Å². The molecule has 1 aliphatic heterocycles. The van der Waals surface area contributed by atoms with Crippen LogP contribution < -0.4 is 16.6 Å². The number of carbonyl (C=O) groups excluding carboxylic acids is 2. The molecule has 4 rings (SSSR count). The summed E-state index contributed by atoms with van der Waals surface area (Å²) in [7, 11) is 0. The molecule has 0 saturated carbocycles. The number of piperazine rings is 1. The van der Waals surface area contributed by atoms with Gasteiger partial charge in [0, 0.05) is 26.2 Å². The first-order chi connectivity index (χ1) is 17.5. The molecule has 14 heteroatoms. The quantitative estimate of drug-likeness (QED) is 0.463. The van der Waals surface area contributed by atoms with Crippen LogP contribution in [0, 0.1) is 0 Å². The summed E-state index contributed by atoms with van der Waals surface area (Å²) in [5.74, 6) is -1.47. The zero-order chi connectivity index (χ0) is 26.9. The smallest absolute Gasteiger partial charge is 0.353 e. The molecular weight excluding hydrogens is 523 g/mol. The van der Waals surface area contributed by atoms with E-state index in [1.807, 2.05) is 0 Å². The molecule has 37 heavy (non-hydrogen) atoms. The van der Waals surface area contributed by atoms with Gasteiger partial charge < -0.3 is 10.2 Å². The first-order valence-electron chi connectivity index (χ1n) is 11.2. The Balaban J connectivity index is 1.90. The van der Waals surface area contributed by atoms with Gasteiger partial charge in [0.05, 0.1) is 23.9 Å². The van der Waals surface area contributed by atoms with Crippen molar-refractivity contribution in [2.75, 3.05) is 19.6 Å². The molecule has 3 heterocycles. The van der Waals surface area contributed by atoms with Crippen LogP contribution in [0.2, 0.25) is 0 Å². The molecule has 1 aliphatic rings. The zero-order valence-electron chi connectivity index (χ0n) is 19.2. The molecule has 0 bridgehead atoms. The van der Waals surface area contributed by atoms with Crippen molar-refractivity contribution >= 4 is 33.4 Å². The number of rotatable bonds is 7. The molecule has 2 amide bonds. The lowest BCUT2D eigenvalue weighted by Crippen LogP contribution is -2.50. The van der Waals surface area contributed by atoms with Gasteiger partial charge in [0.1, 0.15) is 9.71 Å². The van der Waals surface area contributed by atoms with E-state index < -0.39 is 75.8 Å². The highest BCUT2D eigenvalue weighted by Gasteiger charge is 2.34. The van der Waals surface area contributed by atoms with Crippen molar-refractivity contribution in [1.82, 2.24) is 19.4 Å². The van der Waals surface area contributed by atoms with Crippen LogP contribution in [0.15, 0.2) is 39.9 Å². The predicted octanol–water partition coefficient (Wildman–Crippen LogP) is 2.93. The minimum atomic E-state index is -4.67. The fourth-order valence-corrected chi connectivity index (χ4v) is 5.41. The fraction of sp³-hybridized carbons (Fsp3) is 0.391. The molecule has 0 radical (unpaired) electrons. The van der Waals surface area contributed by atoms with Crippen molar-refractivity contribution in [3.8, 4) is 0 Å². The summed E-state index contributed by atoms with van der Waals surface area (Å²) < 4.78 is 69.0. The van der Waals surface area contributed by atoms with Gasteiger partial charge in [-0.3, -0.25) is 23.5 Å². The van der Waals surface area contributed by atoms with Crippen molar-refractivity contribution in [2.45, 2.75) is 38.5 Å². The summed E-state index contributed by atoms with van der Waals surface area (Å²) in [5.41, 5.74) is -2.43. The highest BCUT2D eigenvalue weighted by atomic mass is 32.1. The number of aryl methyl sites for hydroxylation is 2. The van der Waals surface area contributed by atoms with Crippen LogP contribution in [0.1, 0.15) is 33.6 Å². The van der Waals surface area contributed by atoms with E-state index in [1.165, 1.54) is 0 Å². The molecule has 0 atom stereocenters. The molecule has 8 nitrogen and oxygen atoms in total. The van der Waals surface area contributed by atoms with Gasteiger partial charge in [0.2, 0.25) is 5.91 Å². The van der Waals surface area contributed by atoms with E-state index in [-0.39, 0.29) is 26.1 Å². The number of nitrogens with zero attached hydrogens (tertiary/aromatic N) is 3. The van der Waals surface area contributed by atoms with Gasteiger partial charge in [-0.1, -0.05) is 30.3 Å². The second-order valence-corrected chi connectivity index (χ2v) is 9.39. The van der Waals surface area contributed by atoms with E-state index in [4.69, 9.17) is 0 Å². The van der Waals surface area contributed by atoms with Gasteiger partial charge in [-0.2, -0.15) is 13.2 Å². The van der Waals surface area contributed by atoms with Crippen LogP contribution in [-0.4, -0.2) is 51.7 Å². The largest absolute Gasteiger partial charge is 0.390 e. The summed E-state index contributed by atoms with van der Waals surface area (Å²) in [4.78, 5) is 51.3. The normalized spacial score (nSPS) is 14.4. The maximum Gasteiger partial charge on any atom is 0.390 e. The number of amides is 2. The van der Waals surface area contributed by atoms with E-state index in [1.54, 1.807) is 30.3 Å². The summed E-state index contributed by atoms with van der Waals surface area (Å²) >= 11 is 0.363. The lowest BCUT2D eigenvalue weighted by Gasteiger charge is -2.26. The summed E-state index contributed by atoms with van der Waals surface area (Å²) in [6.45, 7) is -1.49. The average molecular weight is 545 g/mol. The fourth-order valence-electron chi connectivity index (χ4n) is 4.12. The Labute approximate surface area is 209 Å². The van der Waals surface area contributed by atoms with E-state index in [0.29, 0.717) is 20.5 Å². The number of carbonyl (C=O) groups is 2. The lowest BCUT2D eigenvalue weighted by atomic mass is 10.1. The molecule has 1 N–H and O–H groups in total. The van der Waals surface area contributed by atoms with E-state index in [0.717, 1.165) is 10.5 Å². The molecule has 1 aromatic carbocycles. The Bertz CT molecular complexity index is 1450. The number of halogens is 5. The molecular formula is C23H21F5N4O4S. The van der Waals surface area contributed by atoms with E-state index in [9.17, 15) is 41.1 Å². The third kappa shape index (κ3) is 5.58. The number of aromatic nitrogens is 2.